The number of anilines is 2. The van der Waals surface area contributed by atoms with Crippen molar-refractivity contribution < 1.29 is 17.6 Å². The van der Waals surface area contributed by atoms with Crippen molar-refractivity contribution in [2.75, 3.05) is 10.0 Å². The molecule has 3 aromatic carbocycles. The summed E-state index contributed by atoms with van der Waals surface area (Å²) in [7, 11) is -3.88. The van der Waals surface area contributed by atoms with Crippen molar-refractivity contribution in [3.8, 4) is 0 Å². The third kappa shape index (κ3) is 4.49. The van der Waals surface area contributed by atoms with Crippen molar-refractivity contribution in [3.05, 3.63) is 88.7 Å². The molecule has 3 aromatic rings. The molecule has 0 radical (unpaired) electrons. The lowest BCUT2D eigenvalue weighted by Crippen LogP contribution is -2.16. The molecule has 0 saturated heterocycles. The van der Waals surface area contributed by atoms with Gasteiger partial charge >= 0.3 is 0 Å². The van der Waals surface area contributed by atoms with Crippen molar-refractivity contribution >= 4 is 38.9 Å². The molecule has 0 atom stereocenters. The lowest BCUT2D eigenvalue weighted by Gasteiger charge is -2.12. The van der Waals surface area contributed by atoms with Crippen LogP contribution in [0.25, 0.3) is 0 Å². The molecule has 0 unspecified atom stereocenters. The van der Waals surface area contributed by atoms with E-state index in [9.17, 15) is 17.6 Å². The Morgan fingerprint density at radius 2 is 1.64 bits per heavy atom. The fraction of sp³-hybridized carbons (Fsp3) is 0.0500. The van der Waals surface area contributed by atoms with E-state index in [1.54, 1.807) is 31.2 Å². The maximum atomic E-state index is 13.0. The number of sulfonamides is 1. The number of rotatable bonds is 5. The molecule has 0 heterocycles. The monoisotopic (exact) mass is 418 g/mol. The third-order valence-electron chi connectivity index (χ3n) is 3.99. The van der Waals surface area contributed by atoms with Crippen LogP contribution < -0.4 is 10.0 Å². The van der Waals surface area contributed by atoms with E-state index in [1.807, 2.05) is 0 Å². The first-order valence-corrected chi connectivity index (χ1v) is 10.1. The lowest BCUT2D eigenvalue weighted by molar-refractivity contribution is 0.102. The zero-order chi connectivity index (χ0) is 20.3. The Morgan fingerprint density at radius 3 is 2.36 bits per heavy atom. The van der Waals surface area contributed by atoms with Gasteiger partial charge < -0.3 is 5.32 Å². The maximum absolute atomic E-state index is 13.0. The first-order chi connectivity index (χ1) is 13.3. The zero-order valence-corrected chi connectivity index (χ0v) is 16.3. The Hall–Kier alpha value is -2.90. The number of hydrogen-bond acceptors (Lipinski definition) is 3. The van der Waals surface area contributed by atoms with Gasteiger partial charge in [0, 0.05) is 22.0 Å². The summed E-state index contributed by atoms with van der Waals surface area (Å²) in [6.45, 7) is 1.61. The number of halogens is 2. The van der Waals surface area contributed by atoms with Crippen molar-refractivity contribution in [1.82, 2.24) is 0 Å². The average molecular weight is 419 g/mol. The highest BCUT2D eigenvalue weighted by Crippen LogP contribution is 2.25. The molecule has 0 bridgehead atoms. The van der Waals surface area contributed by atoms with E-state index in [1.165, 1.54) is 42.5 Å². The summed E-state index contributed by atoms with van der Waals surface area (Å²) in [6, 6.07) is 16.0. The Kier molecular flexibility index (Phi) is 5.67. The molecule has 0 aliphatic heterocycles. The number of carbonyl (C=O) groups excluding carboxylic acids is 1. The highest BCUT2D eigenvalue weighted by molar-refractivity contribution is 7.92. The Balaban J connectivity index is 1.82. The summed E-state index contributed by atoms with van der Waals surface area (Å²) in [5, 5.41) is 2.97. The van der Waals surface area contributed by atoms with Crippen LogP contribution in [0.15, 0.2) is 71.6 Å². The Bertz CT molecular complexity index is 1130. The molecule has 0 saturated carbocycles. The second-order valence-corrected chi connectivity index (χ2v) is 8.07. The third-order valence-corrected chi connectivity index (χ3v) is 5.92. The highest BCUT2D eigenvalue weighted by Gasteiger charge is 2.19. The fourth-order valence-electron chi connectivity index (χ4n) is 2.55. The van der Waals surface area contributed by atoms with Crippen molar-refractivity contribution in [2.24, 2.45) is 0 Å². The molecule has 2 N–H and O–H groups in total. The minimum atomic E-state index is -3.88. The van der Waals surface area contributed by atoms with E-state index < -0.39 is 21.7 Å². The summed E-state index contributed by atoms with van der Waals surface area (Å²) < 4.78 is 40.8. The molecule has 5 nitrogen and oxygen atoms in total. The predicted molar refractivity (Wildman–Crippen MR) is 108 cm³/mol. The van der Waals surface area contributed by atoms with Crippen molar-refractivity contribution in [2.45, 2.75) is 11.8 Å². The van der Waals surface area contributed by atoms with Crippen LogP contribution in [0.5, 0.6) is 0 Å². The molecule has 0 aliphatic rings. The minimum Gasteiger partial charge on any atom is -0.322 e. The topological polar surface area (TPSA) is 75.3 Å². The molecular weight excluding hydrogens is 403 g/mol. The molecule has 0 aromatic heterocycles. The van der Waals surface area contributed by atoms with Crippen LogP contribution in [0.1, 0.15) is 15.9 Å². The van der Waals surface area contributed by atoms with Gasteiger partial charge in [0.25, 0.3) is 15.9 Å². The number of hydrogen-bond donors (Lipinski definition) is 2. The summed E-state index contributed by atoms with van der Waals surface area (Å²) in [5.41, 5.74) is 1.33. The van der Waals surface area contributed by atoms with Gasteiger partial charge in [-0.25, -0.2) is 12.8 Å². The van der Waals surface area contributed by atoms with Gasteiger partial charge in [0.15, 0.2) is 0 Å². The standard InChI is InChI=1S/C20H16ClFN2O3S/c1-13-18(21)6-3-7-19(13)28(26,27)24-17-5-2-4-14(12-17)20(25)23-16-10-8-15(22)9-11-16/h2-12,24H,1H3,(H,23,25). The first-order valence-electron chi connectivity index (χ1n) is 8.21. The predicted octanol–water partition coefficient (Wildman–Crippen LogP) is 4.84. The molecule has 28 heavy (non-hydrogen) atoms. The van der Waals surface area contributed by atoms with E-state index in [4.69, 9.17) is 11.6 Å². The number of benzene rings is 3. The highest BCUT2D eigenvalue weighted by atomic mass is 35.5. The van der Waals surface area contributed by atoms with E-state index in [0.717, 1.165) is 0 Å². The van der Waals surface area contributed by atoms with Crippen LogP contribution >= 0.6 is 11.6 Å². The lowest BCUT2D eigenvalue weighted by atomic mass is 10.2. The first kappa shape index (κ1) is 19.9. The molecule has 8 heteroatoms. The van der Waals surface area contributed by atoms with E-state index in [2.05, 4.69) is 10.0 Å². The van der Waals surface area contributed by atoms with Crippen LogP contribution in [0.4, 0.5) is 15.8 Å². The number of amides is 1. The van der Waals surface area contributed by atoms with Crippen LogP contribution in [-0.4, -0.2) is 14.3 Å². The Morgan fingerprint density at radius 1 is 0.964 bits per heavy atom. The van der Waals surface area contributed by atoms with Gasteiger partial charge in [0.1, 0.15) is 5.82 Å². The second kappa shape index (κ2) is 8.00. The van der Waals surface area contributed by atoms with Gasteiger partial charge in [0.2, 0.25) is 0 Å². The second-order valence-electron chi connectivity index (χ2n) is 6.01. The van der Waals surface area contributed by atoms with Crippen LogP contribution in [0.3, 0.4) is 0 Å². The van der Waals surface area contributed by atoms with Gasteiger partial charge in [-0.2, -0.15) is 0 Å². The summed E-state index contributed by atoms with van der Waals surface area (Å²) in [5.74, 6) is -0.864. The van der Waals surface area contributed by atoms with Crippen LogP contribution in [-0.2, 0) is 10.0 Å². The summed E-state index contributed by atoms with van der Waals surface area (Å²) >= 11 is 6.01. The van der Waals surface area contributed by atoms with Crippen LogP contribution in [0.2, 0.25) is 5.02 Å². The molecule has 144 valence electrons. The van der Waals surface area contributed by atoms with Gasteiger partial charge in [0.05, 0.1) is 4.90 Å². The van der Waals surface area contributed by atoms with E-state index in [-0.39, 0.29) is 16.1 Å². The Labute approximate surface area is 167 Å². The number of nitrogens with one attached hydrogen (secondary N) is 2. The van der Waals surface area contributed by atoms with Crippen molar-refractivity contribution in [1.29, 1.82) is 0 Å². The van der Waals surface area contributed by atoms with Gasteiger partial charge in [-0.05, 0) is 67.1 Å². The van der Waals surface area contributed by atoms with Gasteiger partial charge in [-0.1, -0.05) is 23.7 Å². The molecule has 0 aliphatic carbocycles. The van der Waals surface area contributed by atoms with Crippen LogP contribution in [0, 0.1) is 12.7 Å². The minimum absolute atomic E-state index is 0.0566. The summed E-state index contributed by atoms with van der Waals surface area (Å²) in [6.07, 6.45) is 0. The van der Waals surface area contributed by atoms with Crippen molar-refractivity contribution in [3.63, 3.8) is 0 Å². The molecule has 0 spiro atoms. The number of carbonyl (C=O) groups is 1. The van der Waals surface area contributed by atoms with E-state index >= 15 is 0 Å². The SMILES string of the molecule is Cc1c(Cl)cccc1S(=O)(=O)Nc1cccc(C(=O)Nc2ccc(F)cc2)c1. The fourth-order valence-corrected chi connectivity index (χ4v) is 4.10. The molecule has 1 amide bonds. The summed E-state index contributed by atoms with van der Waals surface area (Å²) in [4.78, 5) is 12.4. The average Bonchev–Trinajstić information content (AvgIpc) is 2.65. The zero-order valence-electron chi connectivity index (χ0n) is 14.7. The quantitative estimate of drug-likeness (QED) is 0.622. The van der Waals surface area contributed by atoms with Gasteiger partial charge in [-0.3, -0.25) is 9.52 Å². The molecule has 3 rings (SSSR count). The largest absolute Gasteiger partial charge is 0.322 e. The smallest absolute Gasteiger partial charge is 0.262 e. The normalized spacial score (nSPS) is 11.1. The molecular formula is C20H16ClFN2O3S. The van der Waals surface area contributed by atoms with Gasteiger partial charge in [-0.15, -0.1) is 0 Å². The molecule has 0 fully saturated rings. The maximum Gasteiger partial charge on any atom is 0.262 e. The van der Waals surface area contributed by atoms with E-state index in [0.29, 0.717) is 16.3 Å².